The summed E-state index contributed by atoms with van der Waals surface area (Å²) in [5.74, 6) is 0. The molecule has 2 nitrogen and oxygen atoms in total. The SMILES string of the molecule is CNC1CC2CCCC(C1)N2C(C)CC(F)(F)F. The van der Waals surface area contributed by atoms with Gasteiger partial charge in [-0.05, 0) is 39.7 Å². The largest absolute Gasteiger partial charge is 0.390 e. The molecule has 0 aromatic heterocycles. The second-order valence-corrected chi connectivity index (χ2v) is 5.81. The summed E-state index contributed by atoms with van der Waals surface area (Å²) in [6.07, 6.45) is 0.539. The Morgan fingerprint density at radius 1 is 1.22 bits per heavy atom. The van der Waals surface area contributed by atoms with Gasteiger partial charge in [0.15, 0.2) is 0 Å². The minimum atomic E-state index is -4.05. The highest BCUT2D eigenvalue weighted by molar-refractivity contribution is 4.96. The van der Waals surface area contributed by atoms with E-state index in [-0.39, 0.29) is 6.04 Å². The average Bonchev–Trinajstić information content (AvgIpc) is 2.24. The van der Waals surface area contributed by atoms with E-state index in [4.69, 9.17) is 0 Å². The van der Waals surface area contributed by atoms with E-state index in [0.29, 0.717) is 18.1 Å². The maximum Gasteiger partial charge on any atom is 0.390 e. The van der Waals surface area contributed by atoms with Crippen molar-refractivity contribution in [2.24, 2.45) is 0 Å². The lowest BCUT2D eigenvalue weighted by Crippen LogP contribution is -2.59. The molecule has 2 bridgehead atoms. The Kier molecular flexibility index (Phi) is 4.22. The van der Waals surface area contributed by atoms with E-state index >= 15 is 0 Å². The van der Waals surface area contributed by atoms with Gasteiger partial charge in [-0.15, -0.1) is 0 Å². The van der Waals surface area contributed by atoms with E-state index in [1.165, 1.54) is 6.42 Å². The molecule has 2 heterocycles. The van der Waals surface area contributed by atoms with E-state index < -0.39 is 12.6 Å². The quantitative estimate of drug-likeness (QED) is 0.843. The Morgan fingerprint density at radius 2 is 1.78 bits per heavy atom. The Labute approximate surface area is 107 Å². The van der Waals surface area contributed by atoms with Gasteiger partial charge in [0.2, 0.25) is 0 Å². The van der Waals surface area contributed by atoms with Crippen LogP contribution in [0.25, 0.3) is 0 Å². The van der Waals surface area contributed by atoms with Crippen LogP contribution >= 0.6 is 0 Å². The third-order valence-electron chi connectivity index (χ3n) is 4.48. The van der Waals surface area contributed by atoms with Crippen LogP contribution in [0.4, 0.5) is 13.2 Å². The van der Waals surface area contributed by atoms with E-state index in [0.717, 1.165) is 25.7 Å². The van der Waals surface area contributed by atoms with E-state index in [1.54, 1.807) is 6.92 Å². The fraction of sp³-hybridized carbons (Fsp3) is 1.00. The third-order valence-corrected chi connectivity index (χ3v) is 4.48. The predicted molar refractivity (Wildman–Crippen MR) is 65.5 cm³/mol. The van der Waals surface area contributed by atoms with Crippen LogP contribution in [0.5, 0.6) is 0 Å². The molecular formula is C13H23F3N2. The number of hydrogen-bond acceptors (Lipinski definition) is 2. The van der Waals surface area contributed by atoms with Crippen molar-refractivity contribution in [3.8, 4) is 0 Å². The Morgan fingerprint density at radius 3 is 2.22 bits per heavy atom. The van der Waals surface area contributed by atoms with Crippen molar-refractivity contribution in [3.63, 3.8) is 0 Å². The van der Waals surface area contributed by atoms with Gasteiger partial charge in [-0.2, -0.15) is 13.2 Å². The topological polar surface area (TPSA) is 15.3 Å². The Bertz CT molecular complexity index is 266. The summed E-state index contributed by atoms with van der Waals surface area (Å²) < 4.78 is 37.6. The fourth-order valence-corrected chi connectivity index (χ4v) is 3.81. The first-order chi connectivity index (χ1) is 8.40. The molecule has 5 heteroatoms. The van der Waals surface area contributed by atoms with Crippen LogP contribution < -0.4 is 5.32 Å². The monoisotopic (exact) mass is 264 g/mol. The maximum absolute atomic E-state index is 12.5. The Hall–Kier alpha value is -0.290. The zero-order chi connectivity index (χ0) is 13.3. The number of rotatable bonds is 3. The lowest BCUT2D eigenvalue weighted by Gasteiger charge is -2.51. The van der Waals surface area contributed by atoms with Crippen LogP contribution in [0.15, 0.2) is 0 Å². The summed E-state index contributed by atoms with van der Waals surface area (Å²) in [6.45, 7) is 1.73. The smallest absolute Gasteiger partial charge is 0.317 e. The van der Waals surface area contributed by atoms with Gasteiger partial charge in [0.25, 0.3) is 0 Å². The number of alkyl halides is 3. The molecule has 2 aliphatic heterocycles. The number of halogens is 3. The third kappa shape index (κ3) is 3.18. The highest BCUT2D eigenvalue weighted by Gasteiger charge is 2.42. The first-order valence-electron chi connectivity index (χ1n) is 6.92. The summed E-state index contributed by atoms with van der Waals surface area (Å²) in [4.78, 5) is 2.16. The highest BCUT2D eigenvalue weighted by Crippen LogP contribution is 2.37. The summed E-state index contributed by atoms with van der Waals surface area (Å²) in [6, 6.07) is 0.785. The average molecular weight is 264 g/mol. The minimum Gasteiger partial charge on any atom is -0.317 e. The lowest BCUT2D eigenvalue weighted by molar-refractivity contribution is -0.155. The minimum absolute atomic E-state index is 0.340. The van der Waals surface area contributed by atoms with Crippen molar-refractivity contribution in [2.45, 2.75) is 75.8 Å². The normalized spacial score (nSPS) is 35.5. The van der Waals surface area contributed by atoms with Crippen molar-refractivity contribution in [1.29, 1.82) is 0 Å². The van der Waals surface area contributed by atoms with Gasteiger partial charge < -0.3 is 5.32 Å². The first-order valence-corrected chi connectivity index (χ1v) is 6.92. The zero-order valence-corrected chi connectivity index (χ0v) is 11.1. The van der Waals surface area contributed by atoms with Gasteiger partial charge in [-0.1, -0.05) is 6.42 Å². The summed E-state index contributed by atoms with van der Waals surface area (Å²) >= 11 is 0. The van der Waals surface area contributed by atoms with Gasteiger partial charge in [-0.3, -0.25) is 4.90 Å². The van der Waals surface area contributed by atoms with Gasteiger partial charge in [0, 0.05) is 24.2 Å². The van der Waals surface area contributed by atoms with Crippen molar-refractivity contribution in [3.05, 3.63) is 0 Å². The second kappa shape index (κ2) is 5.37. The maximum atomic E-state index is 12.5. The van der Waals surface area contributed by atoms with Gasteiger partial charge in [0.1, 0.15) is 0 Å². The molecule has 0 aliphatic carbocycles. The summed E-state index contributed by atoms with van der Waals surface area (Å²) in [5.41, 5.74) is 0. The zero-order valence-electron chi connectivity index (χ0n) is 11.1. The van der Waals surface area contributed by atoms with Crippen molar-refractivity contribution in [2.75, 3.05) is 7.05 Å². The molecule has 3 atom stereocenters. The number of hydrogen-bond donors (Lipinski definition) is 1. The fourth-order valence-electron chi connectivity index (χ4n) is 3.81. The van der Waals surface area contributed by atoms with Gasteiger partial charge in [-0.25, -0.2) is 0 Å². The molecule has 0 radical (unpaired) electrons. The van der Waals surface area contributed by atoms with E-state index in [2.05, 4.69) is 10.2 Å². The van der Waals surface area contributed by atoms with Crippen LogP contribution in [-0.2, 0) is 0 Å². The van der Waals surface area contributed by atoms with Crippen molar-refractivity contribution >= 4 is 0 Å². The molecule has 2 rings (SSSR count). The molecule has 1 N–H and O–H groups in total. The van der Waals surface area contributed by atoms with E-state index in [1.807, 2.05) is 7.05 Å². The standard InChI is InChI=1S/C13H23F3N2/c1-9(8-13(14,15)16)18-11-4-3-5-12(18)7-10(6-11)17-2/h9-12,17H,3-8H2,1-2H3. The number of nitrogens with zero attached hydrogens (tertiary/aromatic N) is 1. The lowest BCUT2D eigenvalue weighted by atomic mass is 9.80. The molecule has 0 amide bonds. The number of nitrogens with one attached hydrogen (secondary N) is 1. The molecule has 0 spiro atoms. The predicted octanol–water partition coefficient (Wildman–Crippen LogP) is 2.93. The molecule has 0 aromatic rings. The second-order valence-electron chi connectivity index (χ2n) is 5.81. The van der Waals surface area contributed by atoms with Crippen LogP contribution in [-0.4, -0.2) is 42.3 Å². The number of fused-ring (bicyclic) bond motifs is 2. The molecule has 0 aromatic carbocycles. The van der Waals surface area contributed by atoms with Crippen LogP contribution in [0, 0.1) is 0 Å². The summed E-state index contributed by atoms with van der Waals surface area (Å²) in [5, 5.41) is 3.29. The Balaban J connectivity index is 2.03. The first kappa shape index (κ1) is 14.1. The highest BCUT2D eigenvalue weighted by atomic mass is 19.4. The van der Waals surface area contributed by atoms with Crippen molar-refractivity contribution in [1.82, 2.24) is 10.2 Å². The molecule has 2 saturated heterocycles. The molecule has 0 saturated carbocycles. The van der Waals surface area contributed by atoms with Crippen LogP contribution in [0.1, 0.15) is 45.4 Å². The van der Waals surface area contributed by atoms with Crippen LogP contribution in [0.2, 0.25) is 0 Å². The van der Waals surface area contributed by atoms with E-state index in [9.17, 15) is 13.2 Å². The molecule has 2 aliphatic rings. The van der Waals surface area contributed by atoms with Gasteiger partial charge >= 0.3 is 6.18 Å². The molecular weight excluding hydrogens is 241 g/mol. The number of piperidine rings is 2. The summed E-state index contributed by atoms with van der Waals surface area (Å²) in [7, 11) is 1.95. The molecule has 106 valence electrons. The van der Waals surface area contributed by atoms with Gasteiger partial charge in [0.05, 0.1) is 6.42 Å². The van der Waals surface area contributed by atoms with Crippen LogP contribution in [0.3, 0.4) is 0 Å². The molecule has 3 unspecified atom stereocenters. The van der Waals surface area contributed by atoms with Crippen molar-refractivity contribution < 1.29 is 13.2 Å². The molecule has 18 heavy (non-hydrogen) atoms. The molecule has 2 fully saturated rings.